The summed E-state index contributed by atoms with van der Waals surface area (Å²) in [6.45, 7) is 0. The summed E-state index contributed by atoms with van der Waals surface area (Å²) in [6, 6.07) is 8.04. The number of nitrogens with zero attached hydrogens (tertiary/aromatic N) is 2. The Morgan fingerprint density at radius 3 is 2.56 bits per heavy atom. The highest BCUT2D eigenvalue weighted by molar-refractivity contribution is 9.10. The van der Waals surface area contributed by atoms with Crippen LogP contribution in [0.3, 0.4) is 0 Å². The van der Waals surface area contributed by atoms with Crippen LogP contribution in [0.4, 0.5) is 0 Å². The first-order valence-electron chi connectivity index (χ1n) is 5.31. The highest BCUT2D eigenvalue weighted by Gasteiger charge is 2.16. The number of aromatic nitrogens is 2. The molecule has 2 rings (SSSR count). The van der Waals surface area contributed by atoms with Crippen LogP contribution in [0, 0.1) is 0 Å². The third-order valence-electron chi connectivity index (χ3n) is 2.47. The summed E-state index contributed by atoms with van der Waals surface area (Å²) >= 11 is 8.41. The zero-order valence-corrected chi connectivity index (χ0v) is 13.7. The van der Waals surface area contributed by atoms with E-state index in [0.717, 1.165) is 19.5 Å². The number of thioether (sulfide) groups is 1. The van der Waals surface area contributed by atoms with Crippen molar-refractivity contribution in [3.05, 3.63) is 45.1 Å². The van der Waals surface area contributed by atoms with Crippen molar-refractivity contribution in [3.8, 4) is 0 Å². The van der Waals surface area contributed by atoms with Gasteiger partial charge in [0.15, 0.2) is 0 Å². The molecule has 0 spiro atoms. The Bertz CT molecular complexity index is 508. The predicted molar refractivity (Wildman–Crippen MR) is 80.7 cm³/mol. The minimum absolute atomic E-state index is 0.541. The van der Waals surface area contributed by atoms with Gasteiger partial charge < -0.3 is 5.11 Å². The lowest BCUT2D eigenvalue weighted by atomic mass is 10.3. The van der Waals surface area contributed by atoms with Crippen molar-refractivity contribution in [3.63, 3.8) is 0 Å². The van der Waals surface area contributed by atoms with Gasteiger partial charge in [-0.05, 0) is 40.2 Å². The molecular formula is C12H12Br2N2OS. The first-order valence-corrected chi connectivity index (χ1v) is 7.89. The van der Waals surface area contributed by atoms with Gasteiger partial charge in [-0.3, -0.25) is 4.68 Å². The van der Waals surface area contributed by atoms with E-state index in [9.17, 15) is 5.11 Å². The second-order valence-corrected chi connectivity index (χ2v) is 6.65. The molecule has 96 valence electrons. The Morgan fingerprint density at radius 1 is 1.33 bits per heavy atom. The first-order chi connectivity index (χ1) is 8.58. The van der Waals surface area contributed by atoms with E-state index in [0.29, 0.717) is 5.75 Å². The van der Waals surface area contributed by atoms with Gasteiger partial charge in [-0.25, -0.2) is 0 Å². The molecule has 0 bridgehead atoms. The van der Waals surface area contributed by atoms with Crippen LogP contribution >= 0.6 is 43.6 Å². The molecule has 6 heteroatoms. The van der Waals surface area contributed by atoms with Gasteiger partial charge in [0, 0.05) is 22.2 Å². The van der Waals surface area contributed by atoms with E-state index in [1.165, 1.54) is 0 Å². The lowest BCUT2D eigenvalue weighted by molar-refractivity contribution is 0.193. The van der Waals surface area contributed by atoms with Crippen LogP contribution in [0.1, 0.15) is 11.8 Å². The van der Waals surface area contributed by atoms with E-state index in [4.69, 9.17) is 0 Å². The van der Waals surface area contributed by atoms with Gasteiger partial charge in [0.05, 0.1) is 16.4 Å². The largest absolute Gasteiger partial charge is 0.386 e. The van der Waals surface area contributed by atoms with E-state index >= 15 is 0 Å². The smallest absolute Gasteiger partial charge is 0.106 e. The number of aliphatic hydroxyl groups excluding tert-OH is 1. The van der Waals surface area contributed by atoms with Gasteiger partial charge >= 0.3 is 0 Å². The molecular weight excluding hydrogens is 380 g/mol. The van der Waals surface area contributed by atoms with Crippen LogP contribution in [-0.2, 0) is 7.05 Å². The number of aryl methyl sites for hydroxylation is 1. The molecule has 1 heterocycles. The third kappa shape index (κ3) is 3.38. The Kier molecular flexibility index (Phi) is 4.89. The minimum Gasteiger partial charge on any atom is -0.386 e. The summed E-state index contributed by atoms with van der Waals surface area (Å²) in [5, 5.41) is 14.3. The van der Waals surface area contributed by atoms with Crippen LogP contribution in [0.25, 0.3) is 0 Å². The number of aliphatic hydroxyl groups is 1. The molecule has 0 saturated heterocycles. The van der Waals surface area contributed by atoms with E-state index in [2.05, 4.69) is 37.0 Å². The molecule has 18 heavy (non-hydrogen) atoms. The van der Waals surface area contributed by atoms with Gasteiger partial charge in [0.25, 0.3) is 0 Å². The van der Waals surface area contributed by atoms with Crippen LogP contribution in [0.5, 0.6) is 0 Å². The maximum Gasteiger partial charge on any atom is 0.106 e. The average molecular weight is 392 g/mol. The molecule has 1 N–H and O–H groups in total. The third-order valence-corrected chi connectivity index (χ3v) is 4.70. The fourth-order valence-corrected chi connectivity index (χ4v) is 3.29. The highest BCUT2D eigenvalue weighted by atomic mass is 79.9. The van der Waals surface area contributed by atoms with Gasteiger partial charge in [-0.1, -0.05) is 15.9 Å². The minimum atomic E-state index is -0.541. The number of rotatable bonds is 4. The van der Waals surface area contributed by atoms with E-state index in [-0.39, 0.29) is 0 Å². The summed E-state index contributed by atoms with van der Waals surface area (Å²) in [5.74, 6) is 0.597. The molecule has 1 aromatic heterocycles. The average Bonchev–Trinajstić information content (AvgIpc) is 2.68. The van der Waals surface area contributed by atoms with Crippen molar-refractivity contribution in [1.29, 1.82) is 0 Å². The second-order valence-electron chi connectivity index (χ2n) is 3.78. The zero-order chi connectivity index (χ0) is 13.1. The molecule has 0 saturated carbocycles. The number of hydrogen-bond donors (Lipinski definition) is 1. The second kappa shape index (κ2) is 6.23. The maximum absolute atomic E-state index is 10.2. The van der Waals surface area contributed by atoms with Crippen LogP contribution in [-0.4, -0.2) is 20.6 Å². The summed E-state index contributed by atoms with van der Waals surface area (Å²) in [4.78, 5) is 1.13. The predicted octanol–water partition coefficient (Wildman–Crippen LogP) is 3.77. The zero-order valence-electron chi connectivity index (χ0n) is 9.68. The lowest BCUT2D eigenvalue weighted by Gasteiger charge is -2.11. The van der Waals surface area contributed by atoms with Gasteiger partial charge in [-0.15, -0.1) is 11.8 Å². The molecule has 2 aromatic rings. The molecule has 0 radical (unpaired) electrons. The number of halogens is 2. The van der Waals surface area contributed by atoms with E-state index in [1.54, 1.807) is 22.6 Å². The van der Waals surface area contributed by atoms with Crippen molar-refractivity contribution in [2.75, 3.05) is 5.75 Å². The van der Waals surface area contributed by atoms with Crippen molar-refractivity contribution < 1.29 is 5.11 Å². The van der Waals surface area contributed by atoms with Gasteiger partial charge in [-0.2, -0.15) is 5.10 Å². The summed E-state index contributed by atoms with van der Waals surface area (Å²) < 4.78 is 3.59. The Labute approximate surface area is 127 Å². The fourth-order valence-electron chi connectivity index (χ4n) is 1.58. The molecule has 0 amide bonds. The van der Waals surface area contributed by atoms with Crippen molar-refractivity contribution in [2.24, 2.45) is 7.05 Å². The molecule has 1 unspecified atom stereocenters. The SMILES string of the molecule is Cn1ncc(Br)c1C(O)CSc1ccc(Br)cc1. The molecule has 1 atom stereocenters. The van der Waals surface area contributed by atoms with Crippen LogP contribution < -0.4 is 0 Å². The summed E-state index contributed by atoms with van der Waals surface area (Å²) in [6.07, 6.45) is 1.16. The maximum atomic E-state index is 10.2. The van der Waals surface area contributed by atoms with E-state index in [1.807, 2.05) is 31.3 Å². The fraction of sp³-hybridized carbons (Fsp3) is 0.250. The first kappa shape index (κ1) is 14.1. The van der Waals surface area contributed by atoms with Crippen LogP contribution in [0.15, 0.2) is 44.3 Å². The number of benzene rings is 1. The van der Waals surface area contributed by atoms with Crippen molar-refractivity contribution in [1.82, 2.24) is 9.78 Å². The van der Waals surface area contributed by atoms with Crippen LogP contribution in [0.2, 0.25) is 0 Å². The Morgan fingerprint density at radius 2 is 2.00 bits per heavy atom. The molecule has 1 aromatic carbocycles. The molecule has 0 aliphatic carbocycles. The quantitative estimate of drug-likeness (QED) is 0.806. The molecule has 0 fully saturated rings. The molecule has 0 aliphatic heterocycles. The molecule has 3 nitrogen and oxygen atoms in total. The van der Waals surface area contributed by atoms with Gasteiger partial charge in [0.1, 0.15) is 6.10 Å². The topological polar surface area (TPSA) is 38.0 Å². The monoisotopic (exact) mass is 390 g/mol. The standard InChI is InChI=1S/C12H12Br2N2OS/c1-16-12(10(14)6-15-16)11(17)7-18-9-4-2-8(13)3-5-9/h2-6,11,17H,7H2,1H3. The van der Waals surface area contributed by atoms with E-state index < -0.39 is 6.10 Å². The molecule has 0 aliphatic rings. The normalized spacial score (nSPS) is 12.7. The summed E-state index contributed by atoms with van der Waals surface area (Å²) in [5.41, 5.74) is 0.805. The summed E-state index contributed by atoms with van der Waals surface area (Å²) in [7, 11) is 1.83. The number of hydrogen-bond acceptors (Lipinski definition) is 3. The lowest BCUT2D eigenvalue weighted by Crippen LogP contribution is -2.08. The van der Waals surface area contributed by atoms with Crippen molar-refractivity contribution >= 4 is 43.6 Å². The van der Waals surface area contributed by atoms with Gasteiger partial charge in [0.2, 0.25) is 0 Å². The highest BCUT2D eigenvalue weighted by Crippen LogP contribution is 2.29. The Balaban J connectivity index is 2.00. The Hall–Kier alpha value is -0.300. The van der Waals surface area contributed by atoms with Crippen molar-refractivity contribution in [2.45, 2.75) is 11.0 Å².